The van der Waals surface area contributed by atoms with E-state index in [1.807, 2.05) is 12.1 Å². The topological polar surface area (TPSA) is 46.6 Å². The molecule has 0 aliphatic rings. The van der Waals surface area contributed by atoms with Crippen LogP contribution < -0.4 is 58.2 Å². The molecule has 4 nitrogen and oxygen atoms in total. The second-order valence-electron chi connectivity index (χ2n) is 3.75. The molecular formula is C13H10NO3RbS. The van der Waals surface area contributed by atoms with E-state index in [2.05, 4.69) is 17.2 Å². The number of hydroxylamine groups is 2. The molecule has 0 aliphatic heterocycles. The van der Waals surface area contributed by atoms with Crippen LogP contribution in [-0.4, -0.2) is 24.3 Å². The molecule has 2 aromatic carbocycles. The summed E-state index contributed by atoms with van der Waals surface area (Å²) in [4.78, 5) is 23.1. The van der Waals surface area contributed by atoms with Gasteiger partial charge in [-0.2, -0.15) is 0 Å². The van der Waals surface area contributed by atoms with Gasteiger partial charge < -0.3 is 17.2 Å². The first-order valence-corrected chi connectivity index (χ1v) is 5.57. The third-order valence-electron chi connectivity index (χ3n) is 2.69. The maximum Gasteiger partial charge on any atom is 1.00 e. The number of rotatable bonds is 3. The predicted molar refractivity (Wildman–Crippen MR) is 69.9 cm³/mol. The Kier molecular flexibility index (Phi) is 6.86. The molecule has 0 unspecified atom stereocenters. The summed E-state index contributed by atoms with van der Waals surface area (Å²) in [6.07, 6.45) is 0.730. The molecule has 0 aromatic heterocycles. The number of nitrogens with zero attached hydrogens (tertiary/aromatic N) is 1. The van der Waals surface area contributed by atoms with Gasteiger partial charge in [0.05, 0.1) is 5.56 Å². The quantitative estimate of drug-likeness (QED) is 0.412. The first kappa shape index (κ1) is 17.0. The SMILES string of the molecule is CN(O[S-])C(=O)c1cccc2cccc(C=O)c12.[Rb+]. The van der Waals surface area contributed by atoms with Gasteiger partial charge in [-0.05, 0) is 11.5 Å². The number of aldehydes is 1. The van der Waals surface area contributed by atoms with E-state index in [4.69, 9.17) is 0 Å². The molecular weight excluding hydrogens is 336 g/mol. The largest absolute Gasteiger partial charge is 1.00 e. The number of benzene rings is 2. The Morgan fingerprint density at radius 3 is 2.47 bits per heavy atom. The van der Waals surface area contributed by atoms with Crippen molar-refractivity contribution in [1.29, 1.82) is 0 Å². The Bertz CT molecular complexity index is 613. The van der Waals surface area contributed by atoms with Crippen LogP contribution in [0.15, 0.2) is 36.4 Å². The summed E-state index contributed by atoms with van der Waals surface area (Å²) in [5, 5.41) is 2.38. The average Bonchev–Trinajstić information content (AvgIpc) is 2.44. The summed E-state index contributed by atoms with van der Waals surface area (Å²) in [7, 11) is 1.43. The minimum Gasteiger partial charge on any atom is -0.590 e. The van der Waals surface area contributed by atoms with E-state index in [0.29, 0.717) is 16.5 Å². The van der Waals surface area contributed by atoms with Crippen LogP contribution >= 0.6 is 0 Å². The normalized spacial score (nSPS) is 9.79. The summed E-state index contributed by atoms with van der Waals surface area (Å²) < 4.78 is 4.47. The molecule has 0 atom stereocenters. The first-order chi connectivity index (χ1) is 8.69. The van der Waals surface area contributed by atoms with Crippen LogP contribution in [0.3, 0.4) is 0 Å². The minimum absolute atomic E-state index is 0. The van der Waals surface area contributed by atoms with Crippen molar-refractivity contribution in [2.24, 2.45) is 0 Å². The maximum atomic E-state index is 12.1. The molecule has 0 aliphatic carbocycles. The molecule has 2 aromatic rings. The molecule has 0 N–H and O–H groups in total. The van der Waals surface area contributed by atoms with Gasteiger partial charge in [0.25, 0.3) is 5.91 Å². The summed E-state index contributed by atoms with van der Waals surface area (Å²) in [5.74, 6) is -0.384. The molecule has 1 amide bonds. The number of carbonyl (C=O) groups is 2. The zero-order valence-electron chi connectivity index (χ0n) is 10.6. The van der Waals surface area contributed by atoms with Crippen molar-refractivity contribution < 1.29 is 72.1 Å². The van der Waals surface area contributed by atoms with E-state index in [-0.39, 0.29) is 64.1 Å². The van der Waals surface area contributed by atoms with Crippen molar-refractivity contribution in [3.05, 3.63) is 47.5 Å². The molecule has 2 rings (SSSR count). The third kappa shape index (κ3) is 3.54. The summed E-state index contributed by atoms with van der Waals surface area (Å²) in [6.45, 7) is 0. The van der Waals surface area contributed by atoms with Crippen molar-refractivity contribution in [2.45, 2.75) is 0 Å². The van der Waals surface area contributed by atoms with E-state index < -0.39 is 0 Å². The van der Waals surface area contributed by atoms with E-state index in [9.17, 15) is 9.59 Å². The molecule has 0 heterocycles. The fraction of sp³-hybridized carbons (Fsp3) is 0.0769. The van der Waals surface area contributed by atoms with Crippen LogP contribution in [0.25, 0.3) is 10.8 Å². The zero-order chi connectivity index (χ0) is 13.1. The van der Waals surface area contributed by atoms with E-state index in [1.165, 1.54) is 7.05 Å². The summed E-state index contributed by atoms with van der Waals surface area (Å²) in [5.41, 5.74) is 0.858. The molecule has 6 heteroatoms. The third-order valence-corrected chi connectivity index (χ3v) is 2.92. The van der Waals surface area contributed by atoms with Gasteiger partial charge in [-0.25, -0.2) is 5.06 Å². The fourth-order valence-corrected chi connectivity index (χ4v) is 1.92. The molecule has 92 valence electrons. The molecule has 0 radical (unpaired) electrons. The molecule has 0 saturated carbocycles. The van der Waals surface area contributed by atoms with E-state index >= 15 is 0 Å². The van der Waals surface area contributed by atoms with Crippen LogP contribution in [0, 0.1) is 0 Å². The number of fused-ring (bicyclic) bond motifs is 1. The number of carbonyl (C=O) groups excluding carboxylic acids is 2. The molecule has 0 saturated heterocycles. The molecule has 0 fully saturated rings. The second-order valence-corrected chi connectivity index (χ2v) is 3.90. The van der Waals surface area contributed by atoms with Gasteiger partial charge in [0, 0.05) is 18.0 Å². The zero-order valence-corrected chi connectivity index (χ0v) is 16.4. The van der Waals surface area contributed by atoms with Crippen molar-refractivity contribution >= 4 is 35.9 Å². The van der Waals surface area contributed by atoms with Crippen molar-refractivity contribution in [3.63, 3.8) is 0 Å². The molecule has 0 spiro atoms. The van der Waals surface area contributed by atoms with Gasteiger partial charge in [-0.15, -0.1) is 0 Å². The van der Waals surface area contributed by atoms with Crippen molar-refractivity contribution in [2.75, 3.05) is 7.05 Å². The fourth-order valence-electron chi connectivity index (χ4n) is 1.85. The van der Waals surface area contributed by atoms with Crippen LogP contribution in [0.5, 0.6) is 0 Å². The Morgan fingerprint density at radius 1 is 1.26 bits per heavy atom. The van der Waals surface area contributed by atoms with Gasteiger partial charge in [0.15, 0.2) is 6.29 Å². The van der Waals surface area contributed by atoms with Gasteiger partial charge in [-0.1, -0.05) is 30.3 Å². The number of hydrogen-bond acceptors (Lipinski definition) is 4. The Labute approximate surface area is 165 Å². The standard InChI is InChI=1S/C13H11NO3S.Rb/c1-14(17-18)13(16)11-7-3-5-9-4-2-6-10(8-15)12(9)11;/h2-8,18H,1H3;/q;+1/p-1. The smallest absolute Gasteiger partial charge is 0.590 e. The Balaban J connectivity index is 0.00000180. The van der Waals surface area contributed by atoms with Crippen molar-refractivity contribution in [3.8, 4) is 0 Å². The van der Waals surface area contributed by atoms with E-state index in [1.54, 1.807) is 24.3 Å². The van der Waals surface area contributed by atoms with Gasteiger partial charge >= 0.3 is 58.2 Å². The van der Waals surface area contributed by atoms with Gasteiger partial charge in [0.1, 0.15) is 0 Å². The Hall–Kier alpha value is -0.0448. The van der Waals surface area contributed by atoms with E-state index in [0.717, 1.165) is 16.7 Å². The first-order valence-electron chi connectivity index (χ1n) is 5.24. The van der Waals surface area contributed by atoms with Gasteiger partial charge in [-0.3, -0.25) is 9.59 Å². The summed E-state index contributed by atoms with van der Waals surface area (Å²) >= 11 is 4.37. The summed E-state index contributed by atoms with van der Waals surface area (Å²) in [6, 6.07) is 10.5. The monoisotopic (exact) mass is 345 g/mol. The van der Waals surface area contributed by atoms with Crippen LogP contribution in [0.1, 0.15) is 20.7 Å². The maximum absolute atomic E-state index is 12.1. The molecule has 19 heavy (non-hydrogen) atoms. The number of hydrogen-bond donors (Lipinski definition) is 0. The average molecular weight is 346 g/mol. The van der Waals surface area contributed by atoms with Gasteiger partial charge in [0.2, 0.25) is 0 Å². The number of amides is 1. The molecule has 0 bridgehead atoms. The van der Waals surface area contributed by atoms with Crippen molar-refractivity contribution in [1.82, 2.24) is 5.06 Å². The second kappa shape index (κ2) is 7.66. The minimum atomic E-state index is -0.384. The van der Waals surface area contributed by atoms with Crippen LogP contribution in [-0.2, 0) is 17.2 Å². The van der Waals surface area contributed by atoms with Crippen LogP contribution in [0.2, 0.25) is 0 Å². The Morgan fingerprint density at radius 2 is 1.89 bits per heavy atom. The predicted octanol–water partition coefficient (Wildman–Crippen LogP) is -0.878. The van der Waals surface area contributed by atoms with Crippen LogP contribution in [0.4, 0.5) is 0 Å².